The maximum Gasteiger partial charge on any atom is 0.145 e. The lowest BCUT2D eigenvalue weighted by Gasteiger charge is -2.13. The summed E-state index contributed by atoms with van der Waals surface area (Å²) < 4.78 is 6.23. The Bertz CT molecular complexity index is 1520. The van der Waals surface area contributed by atoms with Crippen molar-refractivity contribution >= 4 is 49.2 Å². The number of nitrogens with two attached hydrogens (primary N) is 1. The molecule has 0 fully saturated rings. The summed E-state index contributed by atoms with van der Waals surface area (Å²) in [6.45, 7) is 0. The molecule has 0 saturated carbocycles. The zero-order valence-corrected chi connectivity index (χ0v) is 15.1. The summed E-state index contributed by atoms with van der Waals surface area (Å²) in [6.07, 6.45) is 0. The Morgan fingerprint density at radius 3 is 2.14 bits per heavy atom. The number of para-hydroxylation sites is 1. The Kier molecular flexibility index (Phi) is 3.06. The number of hydrogen-bond acceptors (Lipinski definition) is 2. The predicted octanol–water partition coefficient (Wildman–Crippen LogP) is 7.14. The van der Waals surface area contributed by atoms with Gasteiger partial charge in [-0.25, -0.2) is 0 Å². The zero-order chi connectivity index (χ0) is 18.7. The first-order chi connectivity index (χ1) is 13.8. The Morgan fingerprint density at radius 2 is 1.29 bits per heavy atom. The normalized spacial score (nSPS) is 11.7. The average molecular weight is 359 g/mol. The molecule has 2 heteroatoms. The van der Waals surface area contributed by atoms with Crippen LogP contribution >= 0.6 is 0 Å². The molecule has 0 unspecified atom stereocenters. The van der Waals surface area contributed by atoms with Crippen LogP contribution in [-0.2, 0) is 0 Å². The molecule has 132 valence electrons. The maximum atomic E-state index is 6.81. The number of furan rings is 1. The topological polar surface area (TPSA) is 39.2 Å². The van der Waals surface area contributed by atoms with Gasteiger partial charge in [0.2, 0.25) is 0 Å². The lowest BCUT2D eigenvalue weighted by atomic mass is 9.92. The highest BCUT2D eigenvalue weighted by molar-refractivity contribution is 6.25. The molecule has 0 aliphatic heterocycles. The molecule has 0 atom stereocenters. The van der Waals surface area contributed by atoms with Crippen LogP contribution in [0.4, 0.5) is 5.69 Å². The third-order valence-electron chi connectivity index (χ3n) is 5.61. The van der Waals surface area contributed by atoms with E-state index in [1.165, 1.54) is 10.8 Å². The van der Waals surface area contributed by atoms with Crippen LogP contribution in [0.25, 0.3) is 54.6 Å². The van der Waals surface area contributed by atoms with E-state index in [9.17, 15) is 0 Å². The van der Waals surface area contributed by atoms with Crippen molar-refractivity contribution in [2.24, 2.45) is 0 Å². The summed E-state index contributed by atoms with van der Waals surface area (Å²) in [5.74, 6) is 0. The van der Waals surface area contributed by atoms with Gasteiger partial charge >= 0.3 is 0 Å². The Balaban J connectivity index is 1.82. The van der Waals surface area contributed by atoms with Gasteiger partial charge in [-0.3, -0.25) is 0 Å². The first-order valence-corrected chi connectivity index (χ1v) is 9.42. The number of benzene rings is 5. The molecule has 0 radical (unpaired) electrons. The second kappa shape index (κ2) is 5.61. The minimum atomic E-state index is 0.772. The van der Waals surface area contributed by atoms with E-state index in [2.05, 4.69) is 72.8 Å². The highest BCUT2D eigenvalue weighted by Gasteiger charge is 2.19. The van der Waals surface area contributed by atoms with Crippen LogP contribution in [0.2, 0.25) is 0 Å². The molecular weight excluding hydrogens is 342 g/mol. The molecule has 0 spiro atoms. The second-order valence-corrected chi connectivity index (χ2v) is 7.20. The Hall–Kier alpha value is -3.78. The molecule has 2 nitrogen and oxygen atoms in total. The summed E-state index contributed by atoms with van der Waals surface area (Å²) >= 11 is 0. The van der Waals surface area contributed by atoms with Gasteiger partial charge in [0, 0.05) is 16.3 Å². The van der Waals surface area contributed by atoms with E-state index in [-0.39, 0.29) is 0 Å². The van der Waals surface area contributed by atoms with Gasteiger partial charge in [0.05, 0.1) is 11.1 Å². The quantitative estimate of drug-likeness (QED) is 0.317. The van der Waals surface area contributed by atoms with E-state index in [1.54, 1.807) is 0 Å². The smallest absolute Gasteiger partial charge is 0.145 e. The largest absolute Gasteiger partial charge is 0.455 e. The van der Waals surface area contributed by atoms with E-state index >= 15 is 0 Å². The summed E-state index contributed by atoms with van der Waals surface area (Å²) in [7, 11) is 0. The van der Waals surface area contributed by atoms with Gasteiger partial charge in [0.25, 0.3) is 0 Å². The molecule has 0 aliphatic carbocycles. The van der Waals surface area contributed by atoms with Crippen LogP contribution in [0.3, 0.4) is 0 Å². The van der Waals surface area contributed by atoms with E-state index in [0.717, 1.165) is 49.5 Å². The van der Waals surface area contributed by atoms with Crippen molar-refractivity contribution in [2.75, 3.05) is 5.73 Å². The fourth-order valence-electron chi connectivity index (χ4n) is 4.33. The molecule has 5 aromatic carbocycles. The van der Waals surface area contributed by atoms with Crippen LogP contribution in [0.5, 0.6) is 0 Å². The molecule has 28 heavy (non-hydrogen) atoms. The van der Waals surface area contributed by atoms with E-state index in [1.807, 2.05) is 18.2 Å². The van der Waals surface area contributed by atoms with Gasteiger partial charge in [0.1, 0.15) is 11.2 Å². The van der Waals surface area contributed by atoms with Crippen molar-refractivity contribution < 1.29 is 4.42 Å². The van der Waals surface area contributed by atoms with Crippen molar-refractivity contribution in [1.29, 1.82) is 0 Å². The fraction of sp³-hybridized carbons (Fsp3) is 0. The van der Waals surface area contributed by atoms with Crippen LogP contribution in [0.1, 0.15) is 0 Å². The summed E-state index contributed by atoms with van der Waals surface area (Å²) in [5, 5.41) is 6.69. The number of hydrogen-bond donors (Lipinski definition) is 1. The summed E-state index contributed by atoms with van der Waals surface area (Å²) in [6, 6.07) is 31.4. The lowest BCUT2D eigenvalue weighted by molar-refractivity contribution is 0.673. The molecule has 0 amide bonds. The van der Waals surface area contributed by atoms with E-state index < -0.39 is 0 Å². The second-order valence-electron chi connectivity index (χ2n) is 7.20. The Labute approximate surface area is 161 Å². The van der Waals surface area contributed by atoms with Crippen LogP contribution < -0.4 is 5.73 Å². The molecule has 2 N–H and O–H groups in total. The number of nitrogen functional groups attached to an aromatic ring is 1. The molecule has 6 rings (SSSR count). The fourth-order valence-corrected chi connectivity index (χ4v) is 4.33. The van der Waals surface area contributed by atoms with Crippen LogP contribution in [0, 0.1) is 0 Å². The Morgan fingerprint density at radius 1 is 0.607 bits per heavy atom. The lowest BCUT2D eigenvalue weighted by Crippen LogP contribution is -1.93. The first kappa shape index (κ1) is 15.3. The predicted molar refractivity (Wildman–Crippen MR) is 119 cm³/mol. The van der Waals surface area contributed by atoms with Gasteiger partial charge in [-0.1, -0.05) is 78.9 Å². The van der Waals surface area contributed by atoms with Crippen molar-refractivity contribution in [3.8, 4) is 11.1 Å². The van der Waals surface area contributed by atoms with Crippen molar-refractivity contribution in [3.05, 3.63) is 91.0 Å². The van der Waals surface area contributed by atoms with Crippen molar-refractivity contribution in [3.63, 3.8) is 0 Å². The van der Waals surface area contributed by atoms with Gasteiger partial charge in [-0.05, 0) is 33.9 Å². The third kappa shape index (κ3) is 2.03. The van der Waals surface area contributed by atoms with Gasteiger partial charge in [0.15, 0.2) is 0 Å². The molecule has 0 saturated heterocycles. The van der Waals surface area contributed by atoms with E-state index in [4.69, 9.17) is 10.2 Å². The van der Waals surface area contributed by atoms with Gasteiger partial charge < -0.3 is 10.2 Å². The maximum absolute atomic E-state index is 6.81. The highest BCUT2D eigenvalue weighted by atomic mass is 16.3. The van der Waals surface area contributed by atoms with Crippen LogP contribution in [0.15, 0.2) is 95.4 Å². The third-order valence-corrected chi connectivity index (χ3v) is 5.61. The molecule has 1 heterocycles. The van der Waals surface area contributed by atoms with Crippen LogP contribution in [-0.4, -0.2) is 0 Å². The highest BCUT2D eigenvalue weighted by Crippen LogP contribution is 2.45. The minimum absolute atomic E-state index is 0.772. The summed E-state index contributed by atoms with van der Waals surface area (Å²) in [4.78, 5) is 0. The summed E-state index contributed by atoms with van der Waals surface area (Å²) in [5.41, 5.74) is 11.5. The minimum Gasteiger partial charge on any atom is -0.455 e. The molecule has 1 aromatic heterocycles. The SMILES string of the molecule is Nc1c(-c2ccc3ccccc3c2)c2ccccc2c2oc3ccccc3c12. The standard InChI is InChI=1S/C26H17NO/c27-25-23(18-14-13-16-7-1-2-8-17(16)15-18)19-9-3-4-10-20(19)26-24(25)21-11-5-6-12-22(21)28-26/h1-15H,27H2. The van der Waals surface area contributed by atoms with Crippen molar-refractivity contribution in [1.82, 2.24) is 0 Å². The molecule has 0 aliphatic rings. The van der Waals surface area contributed by atoms with Gasteiger partial charge in [-0.2, -0.15) is 0 Å². The monoisotopic (exact) mass is 359 g/mol. The molecule has 0 bridgehead atoms. The molecule has 6 aromatic rings. The van der Waals surface area contributed by atoms with Gasteiger partial charge in [-0.15, -0.1) is 0 Å². The number of fused-ring (bicyclic) bond motifs is 6. The first-order valence-electron chi connectivity index (χ1n) is 9.42. The number of rotatable bonds is 1. The molecular formula is C26H17NO. The zero-order valence-electron chi connectivity index (χ0n) is 15.1. The average Bonchev–Trinajstić information content (AvgIpc) is 3.14. The number of anilines is 1. The van der Waals surface area contributed by atoms with E-state index in [0.29, 0.717) is 0 Å². The van der Waals surface area contributed by atoms with Crippen molar-refractivity contribution in [2.45, 2.75) is 0 Å².